The van der Waals surface area contributed by atoms with Gasteiger partial charge in [0.15, 0.2) is 6.29 Å². The van der Waals surface area contributed by atoms with Crippen molar-refractivity contribution >= 4 is 12.0 Å². The van der Waals surface area contributed by atoms with E-state index < -0.39 is 4.92 Å². The Hall–Kier alpha value is -2.17. The second-order valence-corrected chi connectivity index (χ2v) is 4.08. The standard InChI is InChI=1S/C14H17NO4/c1-2-3-4-5-6-9-19-14-8-7-13(15(17)18)10-12(14)11-16/h2,7-8,10-11H,1,3-6,9H2. The van der Waals surface area contributed by atoms with Crippen molar-refractivity contribution in [1.29, 1.82) is 0 Å². The van der Waals surface area contributed by atoms with Crippen molar-refractivity contribution in [1.82, 2.24) is 0 Å². The number of nitrogens with zero attached hydrogens (tertiary/aromatic N) is 1. The Labute approximate surface area is 112 Å². The van der Waals surface area contributed by atoms with Crippen molar-refractivity contribution in [3.05, 3.63) is 46.5 Å². The van der Waals surface area contributed by atoms with Crippen LogP contribution >= 0.6 is 0 Å². The first-order valence-electron chi connectivity index (χ1n) is 6.16. The van der Waals surface area contributed by atoms with Crippen LogP contribution in [0.3, 0.4) is 0 Å². The molecule has 1 aromatic rings. The van der Waals surface area contributed by atoms with E-state index in [1.54, 1.807) is 0 Å². The Morgan fingerprint density at radius 1 is 1.32 bits per heavy atom. The summed E-state index contributed by atoms with van der Waals surface area (Å²) in [4.78, 5) is 20.9. The third kappa shape index (κ3) is 4.91. The predicted octanol–water partition coefficient (Wildman–Crippen LogP) is 3.53. The molecule has 0 saturated carbocycles. The highest BCUT2D eigenvalue weighted by Crippen LogP contribution is 2.23. The number of aldehydes is 1. The number of ether oxygens (including phenoxy) is 1. The number of nitro benzene ring substituents is 1. The Morgan fingerprint density at radius 2 is 2.11 bits per heavy atom. The summed E-state index contributed by atoms with van der Waals surface area (Å²) in [7, 11) is 0. The predicted molar refractivity (Wildman–Crippen MR) is 72.6 cm³/mol. The fourth-order valence-corrected chi connectivity index (χ4v) is 1.62. The number of hydrogen-bond acceptors (Lipinski definition) is 4. The van der Waals surface area contributed by atoms with Crippen LogP contribution in [-0.4, -0.2) is 17.8 Å². The number of carbonyl (C=O) groups is 1. The molecule has 0 heterocycles. The lowest BCUT2D eigenvalue weighted by Gasteiger charge is -2.07. The Balaban J connectivity index is 2.51. The van der Waals surface area contributed by atoms with Crippen LogP contribution in [-0.2, 0) is 0 Å². The Kier molecular flexibility index (Phi) is 6.29. The highest BCUT2D eigenvalue weighted by Gasteiger charge is 2.10. The van der Waals surface area contributed by atoms with Gasteiger partial charge in [0.05, 0.1) is 17.1 Å². The number of rotatable bonds is 9. The topological polar surface area (TPSA) is 69.4 Å². The summed E-state index contributed by atoms with van der Waals surface area (Å²) in [6.07, 6.45) is 6.39. The highest BCUT2D eigenvalue weighted by molar-refractivity contribution is 5.80. The van der Waals surface area contributed by atoms with E-state index in [4.69, 9.17) is 4.74 Å². The minimum atomic E-state index is -0.536. The van der Waals surface area contributed by atoms with Crippen LogP contribution in [0, 0.1) is 10.1 Å². The van der Waals surface area contributed by atoms with E-state index in [2.05, 4.69) is 6.58 Å². The number of non-ortho nitro benzene ring substituents is 1. The van der Waals surface area contributed by atoms with E-state index in [-0.39, 0.29) is 11.3 Å². The maximum atomic E-state index is 10.9. The zero-order valence-electron chi connectivity index (χ0n) is 10.7. The maximum absolute atomic E-state index is 10.9. The summed E-state index contributed by atoms with van der Waals surface area (Å²) >= 11 is 0. The summed E-state index contributed by atoms with van der Waals surface area (Å²) < 4.78 is 5.46. The molecule has 0 atom stereocenters. The molecule has 0 spiro atoms. The number of hydrogen-bond donors (Lipinski definition) is 0. The summed E-state index contributed by atoms with van der Waals surface area (Å²) in [5.74, 6) is 0.393. The molecule has 1 rings (SSSR count). The average molecular weight is 263 g/mol. The minimum absolute atomic E-state index is 0.111. The van der Waals surface area contributed by atoms with E-state index in [9.17, 15) is 14.9 Å². The number of nitro groups is 1. The molecule has 0 radical (unpaired) electrons. The zero-order chi connectivity index (χ0) is 14.1. The molecule has 102 valence electrons. The van der Waals surface area contributed by atoms with E-state index in [1.807, 2.05) is 6.08 Å². The fourth-order valence-electron chi connectivity index (χ4n) is 1.62. The van der Waals surface area contributed by atoms with Crippen molar-refractivity contribution in [3.8, 4) is 5.75 Å². The summed E-state index contributed by atoms with van der Waals surface area (Å²) in [6.45, 7) is 4.14. The molecule has 5 heteroatoms. The molecular formula is C14H17NO4. The molecule has 0 amide bonds. The van der Waals surface area contributed by atoms with Crippen molar-refractivity contribution in [2.24, 2.45) is 0 Å². The molecule has 1 aromatic carbocycles. The van der Waals surface area contributed by atoms with E-state index in [0.717, 1.165) is 25.7 Å². The molecule has 0 aromatic heterocycles. The van der Waals surface area contributed by atoms with Crippen LogP contribution in [0.5, 0.6) is 5.75 Å². The van der Waals surface area contributed by atoms with Gasteiger partial charge in [-0.25, -0.2) is 0 Å². The van der Waals surface area contributed by atoms with Gasteiger partial charge in [0.2, 0.25) is 0 Å². The van der Waals surface area contributed by atoms with Crippen molar-refractivity contribution in [2.45, 2.75) is 25.7 Å². The average Bonchev–Trinajstić information content (AvgIpc) is 2.42. The Bertz CT molecular complexity index is 457. The lowest BCUT2D eigenvalue weighted by Crippen LogP contribution is -2.01. The second kappa shape index (κ2) is 8.02. The summed E-state index contributed by atoms with van der Waals surface area (Å²) in [5, 5.41) is 10.6. The van der Waals surface area contributed by atoms with Gasteiger partial charge in [0.1, 0.15) is 5.75 Å². The van der Waals surface area contributed by atoms with Gasteiger partial charge >= 0.3 is 0 Å². The molecule has 0 unspecified atom stereocenters. The molecule has 5 nitrogen and oxygen atoms in total. The first-order chi connectivity index (χ1) is 9.19. The van der Waals surface area contributed by atoms with Gasteiger partial charge < -0.3 is 4.74 Å². The third-order valence-corrected chi connectivity index (χ3v) is 2.64. The van der Waals surface area contributed by atoms with Gasteiger partial charge in [-0.15, -0.1) is 6.58 Å². The SMILES string of the molecule is C=CCCCCCOc1ccc([N+](=O)[O-])cc1C=O. The van der Waals surface area contributed by atoms with Crippen LogP contribution in [0.15, 0.2) is 30.9 Å². The first-order valence-corrected chi connectivity index (χ1v) is 6.16. The van der Waals surface area contributed by atoms with Gasteiger partial charge in [-0.3, -0.25) is 14.9 Å². The molecule has 0 aliphatic heterocycles. The van der Waals surface area contributed by atoms with Gasteiger partial charge in [-0.05, 0) is 31.7 Å². The van der Waals surface area contributed by atoms with Crippen LogP contribution < -0.4 is 4.74 Å². The quantitative estimate of drug-likeness (QED) is 0.225. The van der Waals surface area contributed by atoms with Gasteiger partial charge in [-0.1, -0.05) is 6.08 Å². The first kappa shape index (κ1) is 14.9. The van der Waals surface area contributed by atoms with Crippen LogP contribution in [0.2, 0.25) is 0 Å². The van der Waals surface area contributed by atoms with Gasteiger partial charge in [0.25, 0.3) is 5.69 Å². The maximum Gasteiger partial charge on any atom is 0.270 e. The minimum Gasteiger partial charge on any atom is -0.493 e. The van der Waals surface area contributed by atoms with Crippen molar-refractivity contribution < 1.29 is 14.5 Å². The van der Waals surface area contributed by atoms with Crippen LogP contribution in [0.4, 0.5) is 5.69 Å². The lowest BCUT2D eigenvalue weighted by molar-refractivity contribution is -0.384. The molecule has 0 bridgehead atoms. The molecule has 19 heavy (non-hydrogen) atoms. The molecule has 0 aliphatic rings. The summed E-state index contributed by atoms with van der Waals surface area (Å²) in [6, 6.07) is 4.02. The number of unbranched alkanes of at least 4 members (excludes halogenated alkanes) is 3. The Morgan fingerprint density at radius 3 is 2.74 bits per heavy atom. The highest BCUT2D eigenvalue weighted by atomic mass is 16.6. The van der Waals surface area contributed by atoms with Gasteiger partial charge in [-0.2, -0.15) is 0 Å². The van der Waals surface area contributed by atoms with Gasteiger partial charge in [0, 0.05) is 12.1 Å². The normalized spacial score (nSPS) is 9.89. The van der Waals surface area contributed by atoms with Crippen molar-refractivity contribution in [3.63, 3.8) is 0 Å². The zero-order valence-corrected chi connectivity index (χ0v) is 10.7. The molecule has 0 N–H and O–H groups in total. The van der Waals surface area contributed by atoms with Crippen LogP contribution in [0.1, 0.15) is 36.0 Å². The summed E-state index contributed by atoms with van der Waals surface area (Å²) in [5.41, 5.74) is 0.0979. The number of carbonyl (C=O) groups excluding carboxylic acids is 1. The molecular weight excluding hydrogens is 246 g/mol. The van der Waals surface area contributed by atoms with E-state index >= 15 is 0 Å². The second-order valence-electron chi connectivity index (χ2n) is 4.08. The number of benzene rings is 1. The number of allylic oxidation sites excluding steroid dienone is 1. The third-order valence-electron chi connectivity index (χ3n) is 2.64. The lowest BCUT2D eigenvalue weighted by atomic mass is 10.2. The largest absolute Gasteiger partial charge is 0.493 e. The van der Waals surface area contributed by atoms with E-state index in [1.165, 1.54) is 18.2 Å². The smallest absolute Gasteiger partial charge is 0.270 e. The molecule has 0 saturated heterocycles. The monoisotopic (exact) mass is 263 g/mol. The molecule has 0 aliphatic carbocycles. The fraction of sp³-hybridized carbons (Fsp3) is 0.357. The van der Waals surface area contributed by atoms with Crippen molar-refractivity contribution in [2.75, 3.05) is 6.61 Å². The molecule has 0 fully saturated rings. The van der Waals surface area contributed by atoms with Crippen LogP contribution in [0.25, 0.3) is 0 Å². The van der Waals surface area contributed by atoms with E-state index in [0.29, 0.717) is 18.6 Å².